The third-order valence-corrected chi connectivity index (χ3v) is 3.89. The number of unbranched alkanes of at least 4 members (excludes halogenated alkanes) is 2. The molecule has 1 aromatic carbocycles. The fourth-order valence-corrected chi connectivity index (χ4v) is 2.45. The van der Waals surface area contributed by atoms with Crippen molar-refractivity contribution in [3.05, 3.63) is 41.7 Å². The highest BCUT2D eigenvalue weighted by atomic mass is 16.5. The number of benzene rings is 1. The Labute approximate surface area is 133 Å². The van der Waals surface area contributed by atoms with Crippen LogP contribution < -0.4 is 4.74 Å². The van der Waals surface area contributed by atoms with Gasteiger partial charge in [0.1, 0.15) is 5.75 Å². The Morgan fingerprint density at radius 1 is 1.14 bits per heavy atom. The first-order valence-corrected chi connectivity index (χ1v) is 8.34. The molecule has 0 aliphatic rings. The average Bonchev–Trinajstić information content (AvgIpc) is 3.00. The van der Waals surface area contributed by atoms with Crippen molar-refractivity contribution in [1.82, 2.24) is 15.0 Å². The lowest BCUT2D eigenvalue weighted by molar-refractivity contribution is 0.306. The Bertz CT molecular complexity index is 548. The zero-order valence-electron chi connectivity index (χ0n) is 14.0. The minimum Gasteiger partial charge on any atom is -0.494 e. The van der Waals surface area contributed by atoms with Crippen LogP contribution in [-0.2, 0) is 13.0 Å². The van der Waals surface area contributed by atoms with E-state index in [1.807, 2.05) is 10.9 Å². The molecule has 0 aliphatic carbocycles. The van der Waals surface area contributed by atoms with Gasteiger partial charge in [0.25, 0.3) is 0 Å². The number of aromatic nitrogens is 3. The van der Waals surface area contributed by atoms with Crippen LogP contribution in [0.3, 0.4) is 0 Å². The fraction of sp³-hybridized carbons (Fsp3) is 0.556. The van der Waals surface area contributed by atoms with Gasteiger partial charge in [-0.15, -0.1) is 5.10 Å². The number of hydrogen-bond acceptors (Lipinski definition) is 3. The SMILES string of the molecule is CCCCCOc1ccc(C(C)Cc2cn(CC)nn2)cc1. The van der Waals surface area contributed by atoms with Crippen molar-refractivity contribution in [3.8, 4) is 5.75 Å². The van der Waals surface area contributed by atoms with E-state index in [2.05, 4.69) is 55.3 Å². The van der Waals surface area contributed by atoms with E-state index in [9.17, 15) is 0 Å². The van der Waals surface area contributed by atoms with Crippen molar-refractivity contribution in [2.75, 3.05) is 6.61 Å². The van der Waals surface area contributed by atoms with Crippen LogP contribution in [0.2, 0.25) is 0 Å². The predicted octanol–water partition coefficient (Wildman–Crippen LogP) is 4.21. The molecule has 120 valence electrons. The van der Waals surface area contributed by atoms with E-state index < -0.39 is 0 Å². The van der Waals surface area contributed by atoms with Crippen molar-refractivity contribution in [2.45, 2.75) is 58.9 Å². The molecule has 1 unspecified atom stereocenters. The molecule has 1 aromatic heterocycles. The average molecular weight is 301 g/mol. The maximum absolute atomic E-state index is 5.75. The number of rotatable bonds is 9. The number of nitrogens with zero attached hydrogens (tertiary/aromatic N) is 3. The highest BCUT2D eigenvalue weighted by molar-refractivity contribution is 5.29. The Kier molecular flexibility index (Phi) is 6.44. The second-order valence-corrected chi connectivity index (χ2v) is 5.80. The van der Waals surface area contributed by atoms with Gasteiger partial charge >= 0.3 is 0 Å². The maximum Gasteiger partial charge on any atom is 0.119 e. The molecule has 0 N–H and O–H groups in total. The van der Waals surface area contributed by atoms with E-state index in [1.54, 1.807) is 0 Å². The summed E-state index contributed by atoms with van der Waals surface area (Å²) in [5, 5.41) is 8.31. The van der Waals surface area contributed by atoms with Gasteiger partial charge in [-0.1, -0.05) is 44.0 Å². The van der Waals surface area contributed by atoms with Gasteiger partial charge in [0.05, 0.1) is 12.3 Å². The van der Waals surface area contributed by atoms with Crippen molar-refractivity contribution in [3.63, 3.8) is 0 Å². The maximum atomic E-state index is 5.75. The third kappa shape index (κ3) is 4.86. The Balaban J connectivity index is 1.86. The van der Waals surface area contributed by atoms with Crippen LogP contribution in [-0.4, -0.2) is 21.6 Å². The van der Waals surface area contributed by atoms with Gasteiger partial charge in [-0.3, -0.25) is 4.68 Å². The topological polar surface area (TPSA) is 39.9 Å². The Morgan fingerprint density at radius 2 is 1.91 bits per heavy atom. The number of hydrogen-bond donors (Lipinski definition) is 0. The first-order chi connectivity index (χ1) is 10.7. The molecule has 0 bridgehead atoms. The molecule has 0 radical (unpaired) electrons. The molecule has 0 fully saturated rings. The van der Waals surface area contributed by atoms with Gasteiger partial charge in [-0.05, 0) is 43.4 Å². The van der Waals surface area contributed by atoms with Gasteiger partial charge in [-0.25, -0.2) is 0 Å². The lowest BCUT2D eigenvalue weighted by Gasteiger charge is -2.11. The Hall–Kier alpha value is -1.84. The van der Waals surface area contributed by atoms with Gasteiger partial charge in [0.2, 0.25) is 0 Å². The standard InChI is InChI=1S/C18H27N3O/c1-4-6-7-12-22-18-10-8-16(9-11-18)15(3)13-17-14-21(5-2)20-19-17/h8-11,14-15H,4-7,12-13H2,1-3H3. The zero-order valence-corrected chi connectivity index (χ0v) is 14.0. The van der Waals surface area contributed by atoms with Crippen LogP contribution in [0.4, 0.5) is 0 Å². The number of aryl methyl sites for hydroxylation is 1. The number of ether oxygens (including phenoxy) is 1. The largest absolute Gasteiger partial charge is 0.494 e. The summed E-state index contributed by atoms with van der Waals surface area (Å²) < 4.78 is 7.62. The van der Waals surface area contributed by atoms with Gasteiger partial charge < -0.3 is 4.74 Å². The molecule has 1 heterocycles. The van der Waals surface area contributed by atoms with Gasteiger partial charge in [0.15, 0.2) is 0 Å². The molecule has 0 saturated carbocycles. The summed E-state index contributed by atoms with van der Waals surface area (Å²) in [6.07, 6.45) is 6.52. The first kappa shape index (κ1) is 16.5. The third-order valence-electron chi connectivity index (χ3n) is 3.89. The smallest absolute Gasteiger partial charge is 0.119 e. The van der Waals surface area contributed by atoms with E-state index in [-0.39, 0.29) is 0 Å². The highest BCUT2D eigenvalue weighted by Crippen LogP contribution is 2.22. The van der Waals surface area contributed by atoms with Crippen molar-refractivity contribution < 1.29 is 4.74 Å². The quantitative estimate of drug-likeness (QED) is 0.651. The summed E-state index contributed by atoms with van der Waals surface area (Å²) in [4.78, 5) is 0. The molecule has 2 aromatic rings. The van der Waals surface area contributed by atoms with Crippen LogP contribution in [0.25, 0.3) is 0 Å². The molecule has 0 spiro atoms. The molecule has 2 rings (SSSR count). The summed E-state index contributed by atoms with van der Waals surface area (Å²) in [6.45, 7) is 8.17. The van der Waals surface area contributed by atoms with E-state index >= 15 is 0 Å². The minimum atomic E-state index is 0.427. The summed E-state index contributed by atoms with van der Waals surface area (Å²) in [6, 6.07) is 8.45. The molecule has 0 amide bonds. The summed E-state index contributed by atoms with van der Waals surface area (Å²) >= 11 is 0. The summed E-state index contributed by atoms with van der Waals surface area (Å²) in [7, 11) is 0. The van der Waals surface area contributed by atoms with Crippen LogP contribution in [0.1, 0.15) is 57.2 Å². The van der Waals surface area contributed by atoms with Crippen molar-refractivity contribution >= 4 is 0 Å². The lowest BCUT2D eigenvalue weighted by atomic mass is 9.96. The predicted molar refractivity (Wildman–Crippen MR) is 89.3 cm³/mol. The molecule has 0 aliphatic heterocycles. The molecule has 4 nitrogen and oxygen atoms in total. The second-order valence-electron chi connectivity index (χ2n) is 5.80. The van der Waals surface area contributed by atoms with Crippen molar-refractivity contribution in [1.29, 1.82) is 0 Å². The molecule has 4 heteroatoms. The highest BCUT2D eigenvalue weighted by Gasteiger charge is 2.09. The molecule has 1 atom stereocenters. The lowest BCUT2D eigenvalue weighted by Crippen LogP contribution is -2.00. The molecular weight excluding hydrogens is 274 g/mol. The van der Waals surface area contributed by atoms with E-state index in [0.29, 0.717) is 5.92 Å². The summed E-state index contributed by atoms with van der Waals surface area (Å²) in [5.41, 5.74) is 2.36. The Morgan fingerprint density at radius 3 is 2.55 bits per heavy atom. The zero-order chi connectivity index (χ0) is 15.8. The molecule has 22 heavy (non-hydrogen) atoms. The summed E-state index contributed by atoms with van der Waals surface area (Å²) in [5.74, 6) is 1.39. The minimum absolute atomic E-state index is 0.427. The van der Waals surface area contributed by atoms with E-state index in [1.165, 1.54) is 18.4 Å². The molecular formula is C18H27N3O. The monoisotopic (exact) mass is 301 g/mol. The van der Waals surface area contributed by atoms with Crippen LogP contribution in [0.15, 0.2) is 30.5 Å². The van der Waals surface area contributed by atoms with E-state index in [4.69, 9.17) is 4.74 Å². The van der Waals surface area contributed by atoms with Crippen LogP contribution in [0, 0.1) is 0 Å². The fourth-order valence-electron chi connectivity index (χ4n) is 2.45. The van der Waals surface area contributed by atoms with Crippen LogP contribution in [0.5, 0.6) is 5.75 Å². The van der Waals surface area contributed by atoms with Gasteiger partial charge in [-0.2, -0.15) is 0 Å². The van der Waals surface area contributed by atoms with Crippen LogP contribution >= 0.6 is 0 Å². The molecule has 0 saturated heterocycles. The van der Waals surface area contributed by atoms with Gasteiger partial charge in [0, 0.05) is 12.7 Å². The van der Waals surface area contributed by atoms with E-state index in [0.717, 1.165) is 37.4 Å². The second kappa shape index (κ2) is 8.57. The normalized spacial score (nSPS) is 12.3. The first-order valence-electron chi connectivity index (χ1n) is 8.34. The van der Waals surface area contributed by atoms with Crippen molar-refractivity contribution in [2.24, 2.45) is 0 Å².